The van der Waals surface area contributed by atoms with Gasteiger partial charge in [0, 0.05) is 10.5 Å². The molecule has 1 amide bonds. The third kappa shape index (κ3) is 5.38. The van der Waals surface area contributed by atoms with Gasteiger partial charge < -0.3 is 4.74 Å². The van der Waals surface area contributed by atoms with Crippen LogP contribution in [-0.2, 0) is 4.79 Å². The molecule has 2 aromatic rings. The van der Waals surface area contributed by atoms with Crippen molar-refractivity contribution in [2.45, 2.75) is 19.8 Å². The fourth-order valence-corrected chi connectivity index (χ4v) is 2.59. The number of ether oxygens (including phenoxy) is 1. The van der Waals surface area contributed by atoms with Crippen LogP contribution in [0.5, 0.6) is 5.75 Å². The highest BCUT2D eigenvalue weighted by atomic mass is 79.9. The lowest BCUT2D eigenvalue weighted by Crippen LogP contribution is -2.25. The van der Waals surface area contributed by atoms with Crippen LogP contribution in [-0.4, -0.2) is 23.7 Å². The van der Waals surface area contributed by atoms with Crippen LogP contribution in [0, 0.1) is 10.1 Å². The molecule has 2 rings (SSSR count). The van der Waals surface area contributed by atoms with Crippen LogP contribution in [0.25, 0.3) is 0 Å². The molecule has 26 heavy (non-hydrogen) atoms. The van der Waals surface area contributed by atoms with Crippen molar-refractivity contribution >= 4 is 33.7 Å². The Balaban J connectivity index is 1.95. The number of nitrogens with one attached hydrogen (secondary N) is 1. The highest BCUT2D eigenvalue weighted by Crippen LogP contribution is 2.29. The summed E-state index contributed by atoms with van der Waals surface area (Å²) in [4.78, 5) is 22.3. The largest absolute Gasteiger partial charge is 0.483 e. The average molecular weight is 420 g/mol. The third-order valence-electron chi connectivity index (χ3n) is 3.48. The number of hydrazone groups is 1. The molecule has 0 unspecified atom stereocenters. The summed E-state index contributed by atoms with van der Waals surface area (Å²) in [5.41, 5.74) is 3.50. The Morgan fingerprint density at radius 3 is 2.77 bits per heavy atom. The molecule has 0 fully saturated rings. The van der Waals surface area contributed by atoms with E-state index in [1.807, 2.05) is 26.0 Å². The average Bonchev–Trinajstić information content (AvgIpc) is 2.60. The van der Waals surface area contributed by atoms with Gasteiger partial charge in [-0.1, -0.05) is 41.9 Å². The summed E-state index contributed by atoms with van der Waals surface area (Å²) in [5, 5.41) is 14.7. The Kier molecular flexibility index (Phi) is 6.85. The Bertz CT molecular complexity index is 837. The van der Waals surface area contributed by atoms with Crippen molar-refractivity contribution in [2.75, 3.05) is 6.61 Å². The van der Waals surface area contributed by atoms with Gasteiger partial charge in [-0.05, 0) is 35.7 Å². The van der Waals surface area contributed by atoms with Crippen molar-refractivity contribution in [3.8, 4) is 5.75 Å². The van der Waals surface area contributed by atoms with Gasteiger partial charge in [0.2, 0.25) is 0 Å². The van der Waals surface area contributed by atoms with Crippen LogP contribution < -0.4 is 10.2 Å². The Hall–Kier alpha value is -2.74. The van der Waals surface area contributed by atoms with Gasteiger partial charge in [0.1, 0.15) is 5.75 Å². The molecule has 0 spiro atoms. The fourth-order valence-electron chi connectivity index (χ4n) is 2.21. The van der Waals surface area contributed by atoms with E-state index >= 15 is 0 Å². The predicted molar refractivity (Wildman–Crippen MR) is 103 cm³/mol. The van der Waals surface area contributed by atoms with Crippen LogP contribution in [0.1, 0.15) is 30.9 Å². The molecule has 0 atom stereocenters. The van der Waals surface area contributed by atoms with Gasteiger partial charge >= 0.3 is 0 Å². The zero-order valence-corrected chi connectivity index (χ0v) is 15.9. The van der Waals surface area contributed by atoms with Crippen molar-refractivity contribution in [2.24, 2.45) is 5.10 Å². The number of carbonyl (C=O) groups is 1. The number of rotatable bonds is 7. The number of halogens is 1. The van der Waals surface area contributed by atoms with E-state index in [1.54, 1.807) is 24.3 Å². The first-order valence-electron chi connectivity index (χ1n) is 7.86. The minimum absolute atomic E-state index is 0.0850. The third-order valence-corrected chi connectivity index (χ3v) is 3.97. The maximum absolute atomic E-state index is 11.9. The van der Waals surface area contributed by atoms with E-state index in [2.05, 4.69) is 26.5 Å². The normalized spacial score (nSPS) is 10.9. The molecule has 0 bridgehead atoms. The predicted octanol–water partition coefficient (Wildman–Crippen LogP) is 4.01. The fraction of sp³-hybridized carbons (Fsp3) is 0.222. The first-order valence-corrected chi connectivity index (χ1v) is 8.65. The number of nitrogens with zero attached hydrogens (tertiary/aromatic N) is 2. The molecule has 7 nitrogen and oxygen atoms in total. The topological polar surface area (TPSA) is 93.8 Å². The summed E-state index contributed by atoms with van der Waals surface area (Å²) in [6.45, 7) is 3.85. The van der Waals surface area contributed by atoms with Crippen LogP contribution in [0.2, 0.25) is 0 Å². The van der Waals surface area contributed by atoms with E-state index < -0.39 is 10.8 Å². The zero-order valence-electron chi connectivity index (χ0n) is 14.3. The molecule has 0 aliphatic heterocycles. The molecule has 0 radical (unpaired) electrons. The number of amides is 1. The van der Waals surface area contributed by atoms with E-state index in [-0.39, 0.29) is 18.2 Å². The summed E-state index contributed by atoms with van der Waals surface area (Å²) in [6, 6.07) is 11.7. The SMILES string of the molecule is CC(C)c1cc(Br)ccc1OCC(=O)N/N=C/c1ccccc1[N+](=O)[O-]. The maximum Gasteiger partial charge on any atom is 0.278 e. The first-order chi connectivity index (χ1) is 12.4. The summed E-state index contributed by atoms with van der Waals surface area (Å²) in [7, 11) is 0. The number of nitro groups is 1. The molecule has 136 valence electrons. The van der Waals surface area contributed by atoms with Crippen molar-refractivity contribution in [1.82, 2.24) is 5.43 Å². The highest BCUT2D eigenvalue weighted by Gasteiger charge is 2.11. The maximum atomic E-state index is 11.9. The lowest BCUT2D eigenvalue weighted by Gasteiger charge is -2.13. The van der Waals surface area contributed by atoms with E-state index in [9.17, 15) is 14.9 Å². The molecular formula is C18H18BrN3O4. The highest BCUT2D eigenvalue weighted by molar-refractivity contribution is 9.10. The number of hydrogen-bond donors (Lipinski definition) is 1. The second-order valence-electron chi connectivity index (χ2n) is 5.73. The molecular weight excluding hydrogens is 402 g/mol. The number of benzene rings is 2. The summed E-state index contributed by atoms with van der Waals surface area (Å²) < 4.78 is 6.50. The van der Waals surface area contributed by atoms with Gasteiger partial charge in [-0.25, -0.2) is 5.43 Å². The van der Waals surface area contributed by atoms with Gasteiger partial charge in [0.15, 0.2) is 6.61 Å². The number of hydrogen-bond acceptors (Lipinski definition) is 5. The standard InChI is InChI=1S/C18H18BrN3O4/c1-12(2)15-9-14(19)7-8-17(15)26-11-18(23)21-20-10-13-5-3-4-6-16(13)22(24)25/h3-10,12H,11H2,1-2H3,(H,21,23)/b20-10+. The van der Waals surface area contributed by atoms with Gasteiger partial charge in [-0.15, -0.1) is 0 Å². The van der Waals surface area contributed by atoms with Crippen LogP contribution >= 0.6 is 15.9 Å². The lowest BCUT2D eigenvalue weighted by molar-refractivity contribution is -0.385. The molecule has 8 heteroatoms. The summed E-state index contributed by atoms with van der Waals surface area (Å²) >= 11 is 3.42. The quantitative estimate of drug-likeness (QED) is 0.416. The molecule has 0 heterocycles. The smallest absolute Gasteiger partial charge is 0.278 e. The molecule has 0 saturated heterocycles. The van der Waals surface area contributed by atoms with E-state index in [4.69, 9.17) is 4.74 Å². The number of carbonyl (C=O) groups excluding carboxylic acids is 1. The number of nitro benzene ring substituents is 1. The van der Waals surface area contributed by atoms with Crippen molar-refractivity contribution in [3.63, 3.8) is 0 Å². The van der Waals surface area contributed by atoms with Crippen molar-refractivity contribution < 1.29 is 14.5 Å². The van der Waals surface area contributed by atoms with Crippen LogP contribution in [0.4, 0.5) is 5.69 Å². The number of para-hydroxylation sites is 1. The van der Waals surface area contributed by atoms with Gasteiger partial charge in [-0.2, -0.15) is 5.10 Å². The van der Waals surface area contributed by atoms with Crippen LogP contribution in [0.15, 0.2) is 52.0 Å². The zero-order chi connectivity index (χ0) is 19.1. The van der Waals surface area contributed by atoms with E-state index in [1.165, 1.54) is 12.3 Å². The van der Waals surface area contributed by atoms with Gasteiger partial charge in [0.25, 0.3) is 11.6 Å². The van der Waals surface area contributed by atoms with Crippen molar-refractivity contribution in [3.05, 3.63) is 68.2 Å². The lowest BCUT2D eigenvalue weighted by atomic mass is 10.0. The Labute approximate surface area is 159 Å². The van der Waals surface area contributed by atoms with Crippen molar-refractivity contribution in [1.29, 1.82) is 0 Å². The molecule has 2 aromatic carbocycles. The van der Waals surface area contributed by atoms with E-state index in [0.717, 1.165) is 10.0 Å². The molecule has 1 N–H and O–H groups in total. The monoisotopic (exact) mass is 419 g/mol. The Morgan fingerprint density at radius 1 is 1.35 bits per heavy atom. The van der Waals surface area contributed by atoms with E-state index in [0.29, 0.717) is 11.3 Å². The second kappa shape index (κ2) is 9.10. The van der Waals surface area contributed by atoms with Gasteiger partial charge in [-0.3, -0.25) is 14.9 Å². The molecule has 0 aliphatic carbocycles. The minimum Gasteiger partial charge on any atom is -0.483 e. The first kappa shape index (κ1) is 19.6. The summed E-state index contributed by atoms with van der Waals surface area (Å²) in [5.74, 6) is 0.403. The molecule has 0 saturated carbocycles. The summed E-state index contributed by atoms with van der Waals surface area (Å²) in [6.07, 6.45) is 1.23. The molecule has 0 aliphatic rings. The second-order valence-corrected chi connectivity index (χ2v) is 6.65. The minimum atomic E-state index is -0.507. The Morgan fingerprint density at radius 2 is 2.08 bits per heavy atom. The molecule has 0 aromatic heterocycles. The van der Waals surface area contributed by atoms with Crippen LogP contribution in [0.3, 0.4) is 0 Å². The van der Waals surface area contributed by atoms with Gasteiger partial charge in [0.05, 0.1) is 16.7 Å².